The van der Waals surface area contributed by atoms with Crippen LogP contribution in [0.3, 0.4) is 0 Å². The molecule has 0 atom stereocenters. The van der Waals surface area contributed by atoms with E-state index in [2.05, 4.69) is 10.6 Å². The van der Waals surface area contributed by atoms with Crippen molar-refractivity contribution in [3.8, 4) is 5.75 Å². The fourth-order valence-electron chi connectivity index (χ4n) is 1.83. The average molecular weight is 305 g/mol. The van der Waals surface area contributed by atoms with Gasteiger partial charge in [0.1, 0.15) is 5.75 Å². The summed E-state index contributed by atoms with van der Waals surface area (Å²) in [5.41, 5.74) is 2.29. The van der Waals surface area contributed by atoms with E-state index in [0.29, 0.717) is 23.6 Å². The first-order valence-corrected chi connectivity index (χ1v) is 7.08. The van der Waals surface area contributed by atoms with Gasteiger partial charge >= 0.3 is 0 Å². The lowest BCUT2D eigenvalue weighted by Crippen LogP contribution is -2.09. The molecule has 3 N–H and O–H groups in total. The first kappa shape index (κ1) is 15.2. The maximum atomic E-state index is 11.3. The monoisotopic (exact) mass is 304 g/mol. The summed E-state index contributed by atoms with van der Waals surface area (Å²) in [6.07, 6.45) is 0.450. The van der Waals surface area contributed by atoms with Gasteiger partial charge < -0.3 is 15.7 Å². The SMILES string of the molecule is CCC(=O)Nc1ccc(NCc2c(O)cccc2Cl)cc1. The van der Waals surface area contributed by atoms with E-state index in [1.807, 2.05) is 24.3 Å². The van der Waals surface area contributed by atoms with Gasteiger partial charge in [0, 0.05) is 34.9 Å². The van der Waals surface area contributed by atoms with Crippen LogP contribution in [-0.2, 0) is 11.3 Å². The smallest absolute Gasteiger partial charge is 0.224 e. The molecule has 0 saturated carbocycles. The Balaban J connectivity index is 1.99. The van der Waals surface area contributed by atoms with Crippen LogP contribution in [0.4, 0.5) is 11.4 Å². The van der Waals surface area contributed by atoms with Gasteiger partial charge in [-0.15, -0.1) is 0 Å². The van der Waals surface area contributed by atoms with Crippen LogP contribution < -0.4 is 10.6 Å². The number of benzene rings is 2. The quantitative estimate of drug-likeness (QED) is 0.782. The number of carbonyl (C=O) groups is 1. The van der Waals surface area contributed by atoms with Gasteiger partial charge in [0.2, 0.25) is 5.91 Å². The van der Waals surface area contributed by atoms with Crippen molar-refractivity contribution in [3.63, 3.8) is 0 Å². The van der Waals surface area contributed by atoms with Crippen LogP contribution in [0.5, 0.6) is 5.75 Å². The van der Waals surface area contributed by atoms with E-state index in [9.17, 15) is 9.90 Å². The molecular weight excluding hydrogens is 288 g/mol. The Morgan fingerprint density at radius 2 is 1.81 bits per heavy atom. The number of phenols is 1. The number of phenolic OH excluding ortho intramolecular Hbond substituents is 1. The Hall–Kier alpha value is -2.20. The van der Waals surface area contributed by atoms with E-state index in [1.54, 1.807) is 25.1 Å². The van der Waals surface area contributed by atoms with Crippen LogP contribution in [-0.4, -0.2) is 11.0 Å². The van der Waals surface area contributed by atoms with E-state index in [1.165, 1.54) is 0 Å². The van der Waals surface area contributed by atoms with Crippen molar-refractivity contribution in [2.45, 2.75) is 19.9 Å². The highest BCUT2D eigenvalue weighted by Gasteiger charge is 2.05. The number of hydrogen-bond acceptors (Lipinski definition) is 3. The summed E-state index contributed by atoms with van der Waals surface area (Å²) in [6, 6.07) is 12.4. The van der Waals surface area contributed by atoms with Crippen LogP contribution in [0.15, 0.2) is 42.5 Å². The van der Waals surface area contributed by atoms with E-state index in [-0.39, 0.29) is 11.7 Å². The molecule has 21 heavy (non-hydrogen) atoms. The second kappa shape index (κ2) is 6.99. The standard InChI is InChI=1S/C16H17ClN2O2/c1-2-16(21)19-12-8-6-11(7-9-12)18-10-13-14(17)4-3-5-15(13)20/h3-9,18,20H,2,10H2,1H3,(H,19,21). The first-order valence-electron chi connectivity index (χ1n) is 6.70. The molecule has 0 bridgehead atoms. The Morgan fingerprint density at radius 1 is 1.14 bits per heavy atom. The third-order valence-corrected chi connectivity index (χ3v) is 3.41. The summed E-state index contributed by atoms with van der Waals surface area (Å²) in [6.45, 7) is 2.23. The number of anilines is 2. The zero-order chi connectivity index (χ0) is 15.2. The fourth-order valence-corrected chi connectivity index (χ4v) is 2.07. The molecule has 0 aliphatic rings. The molecule has 4 nitrogen and oxygen atoms in total. The van der Waals surface area contributed by atoms with Gasteiger partial charge in [-0.2, -0.15) is 0 Å². The van der Waals surface area contributed by atoms with Crippen molar-refractivity contribution < 1.29 is 9.90 Å². The molecule has 0 fully saturated rings. The molecule has 0 unspecified atom stereocenters. The predicted octanol–water partition coefficient (Wildman–Crippen LogP) is 4.01. The van der Waals surface area contributed by atoms with Gasteiger partial charge in [-0.05, 0) is 36.4 Å². The summed E-state index contributed by atoms with van der Waals surface area (Å²) in [5, 5.41) is 16.3. The minimum atomic E-state index is -0.0169. The first-order chi connectivity index (χ1) is 10.1. The topological polar surface area (TPSA) is 61.4 Å². The third kappa shape index (κ3) is 4.13. The van der Waals surface area contributed by atoms with Crippen molar-refractivity contribution in [1.29, 1.82) is 0 Å². The highest BCUT2D eigenvalue weighted by molar-refractivity contribution is 6.31. The van der Waals surface area contributed by atoms with Crippen molar-refractivity contribution >= 4 is 28.9 Å². The summed E-state index contributed by atoms with van der Waals surface area (Å²) in [4.78, 5) is 11.3. The van der Waals surface area contributed by atoms with Crippen LogP contribution in [0.1, 0.15) is 18.9 Å². The zero-order valence-electron chi connectivity index (χ0n) is 11.7. The molecule has 5 heteroatoms. The molecular formula is C16H17ClN2O2. The van der Waals surface area contributed by atoms with Crippen molar-refractivity contribution in [1.82, 2.24) is 0 Å². The molecule has 2 rings (SSSR count). The second-order valence-corrected chi connectivity index (χ2v) is 4.98. The number of rotatable bonds is 5. The molecule has 2 aromatic carbocycles. The summed E-state index contributed by atoms with van der Waals surface area (Å²) >= 11 is 6.05. The number of amides is 1. The van der Waals surface area contributed by atoms with Gasteiger partial charge in [-0.25, -0.2) is 0 Å². The van der Waals surface area contributed by atoms with E-state index < -0.39 is 0 Å². The van der Waals surface area contributed by atoms with E-state index in [4.69, 9.17) is 11.6 Å². The van der Waals surface area contributed by atoms with Gasteiger partial charge in [0.05, 0.1) is 0 Å². The lowest BCUT2D eigenvalue weighted by atomic mass is 10.2. The molecule has 0 spiro atoms. The van der Waals surface area contributed by atoms with Crippen LogP contribution in [0.25, 0.3) is 0 Å². The van der Waals surface area contributed by atoms with Crippen molar-refractivity contribution in [2.75, 3.05) is 10.6 Å². The molecule has 1 amide bonds. The Bertz CT molecular complexity index is 606. The lowest BCUT2D eigenvalue weighted by Gasteiger charge is -2.10. The maximum Gasteiger partial charge on any atom is 0.224 e. The van der Waals surface area contributed by atoms with Gasteiger partial charge in [0.15, 0.2) is 0 Å². The van der Waals surface area contributed by atoms with Crippen molar-refractivity contribution in [2.24, 2.45) is 0 Å². The molecule has 0 aromatic heterocycles. The molecule has 0 radical (unpaired) electrons. The van der Waals surface area contributed by atoms with E-state index in [0.717, 1.165) is 11.4 Å². The minimum absolute atomic E-state index is 0.0169. The summed E-state index contributed by atoms with van der Waals surface area (Å²) < 4.78 is 0. The maximum absolute atomic E-state index is 11.3. The molecule has 110 valence electrons. The van der Waals surface area contributed by atoms with Crippen LogP contribution in [0, 0.1) is 0 Å². The van der Waals surface area contributed by atoms with Gasteiger partial charge in [0.25, 0.3) is 0 Å². The normalized spacial score (nSPS) is 10.2. The highest BCUT2D eigenvalue weighted by atomic mass is 35.5. The largest absolute Gasteiger partial charge is 0.508 e. The molecule has 2 aromatic rings. The van der Waals surface area contributed by atoms with Gasteiger partial charge in [-0.1, -0.05) is 24.6 Å². The second-order valence-electron chi connectivity index (χ2n) is 4.57. The Kier molecular flexibility index (Phi) is 5.06. The summed E-state index contributed by atoms with van der Waals surface area (Å²) in [7, 11) is 0. The predicted molar refractivity (Wildman–Crippen MR) is 85.8 cm³/mol. The Labute approximate surface area is 128 Å². The number of carbonyl (C=O) groups excluding carboxylic acids is 1. The molecule has 0 heterocycles. The number of halogens is 1. The fraction of sp³-hybridized carbons (Fsp3) is 0.188. The van der Waals surface area contributed by atoms with Crippen LogP contribution in [0.2, 0.25) is 5.02 Å². The zero-order valence-corrected chi connectivity index (χ0v) is 12.4. The highest BCUT2D eigenvalue weighted by Crippen LogP contribution is 2.26. The molecule has 0 saturated heterocycles. The van der Waals surface area contributed by atoms with Crippen molar-refractivity contribution in [3.05, 3.63) is 53.1 Å². The summed E-state index contributed by atoms with van der Waals surface area (Å²) in [5.74, 6) is 0.151. The Morgan fingerprint density at radius 3 is 2.43 bits per heavy atom. The number of aromatic hydroxyl groups is 1. The molecule has 0 aliphatic carbocycles. The number of hydrogen-bond donors (Lipinski definition) is 3. The van der Waals surface area contributed by atoms with Gasteiger partial charge in [-0.3, -0.25) is 4.79 Å². The minimum Gasteiger partial charge on any atom is -0.508 e. The molecule has 0 aliphatic heterocycles. The average Bonchev–Trinajstić information content (AvgIpc) is 2.48. The number of nitrogens with one attached hydrogen (secondary N) is 2. The lowest BCUT2D eigenvalue weighted by molar-refractivity contribution is -0.115. The van der Waals surface area contributed by atoms with E-state index >= 15 is 0 Å². The third-order valence-electron chi connectivity index (χ3n) is 3.05. The van der Waals surface area contributed by atoms with Crippen LogP contribution >= 0.6 is 11.6 Å².